The normalized spacial score (nSPS) is 13.5. The average Bonchev–Trinajstić information content (AvgIpc) is 2.82. The molecule has 1 heterocycles. The number of aromatic nitrogens is 1. The van der Waals surface area contributed by atoms with E-state index in [0.29, 0.717) is 6.42 Å². The van der Waals surface area contributed by atoms with Gasteiger partial charge in [0.15, 0.2) is 5.78 Å². The lowest BCUT2D eigenvalue weighted by Crippen LogP contribution is -2.34. The fraction of sp³-hybridized carbons (Fsp3) is 0.267. The van der Waals surface area contributed by atoms with Crippen molar-refractivity contribution in [2.24, 2.45) is 0 Å². The van der Waals surface area contributed by atoms with Crippen molar-refractivity contribution in [3.05, 3.63) is 52.0 Å². The molecule has 1 unspecified atom stereocenters. The summed E-state index contributed by atoms with van der Waals surface area (Å²) in [6, 6.07) is 11.5. The van der Waals surface area contributed by atoms with E-state index in [0.717, 1.165) is 15.4 Å². The standard InChI is InChI=1S/C15H14N2OS/c1-11(18)15(10-16,13-6-4-3-5-7-13)8-14-9-17-12(2)19-14/h3-7,9H,8H2,1-2H3. The molecule has 1 atom stereocenters. The van der Waals surface area contributed by atoms with Crippen LogP contribution in [0.3, 0.4) is 0 Å². The summed E-state index contributed by atoms with van der Waals surface area (Å²) >= 11 is 1.53. The largest absolute Gasteiger partial charge is 0.298 e. The number of thiazole rings is 1. The topological polar surface area (TPSA) is 53.8 Å². The molecule has 96 valence electrons. The SMILES string of the molecule is CC(=O)C(C#N)(Cc1cnc(C)s1)c1ccccc1. The Morgan fingerprint density at radius 1 is 1.42 bits per heavy atom. The molecule has 0 bridgehead atoms. The van der Waals surface area contributed by atoms with Crippen molar-refractivity contribution in [1.82, 2.24) is 4.98 Å². The molecule has 0 aliphatic heterocycles. The molecule has 0 radical (unpaired) electrons. The first-order chi connectivity index (χ1) is 9.08. The van der Waals surface area contributed by atoms with Crippen LogP contribution in [-0.2, 0) is 16.6 Å². The van der Waals surface area contributed by atoms with E-state index in [4.69, 9.17) is 0 Å². The Morgan fingerprint density at radius 3 is 2.58 bits per heavy atom. The minimum Gasteiger partial charge on any atom is -0.298 e. The third kappa shape index (κ3) is 2.56. The van der Waals surface area contributed by atoms with Gasteiger partial charge in [-0.2, -0.15) is 5.26 Å². The van der Waals surface area contributed by atoms with Gasteiger partial charge in [0.2, 0.25) is 0 Å². The molecule has 4 heteroatoms. The van der Waals surface area contributed by atoms with Crippen molar-refractivity contribution < 1.29 is 4.79 Å². The predicted molar refractivity (Wildman–Crippen MR) is 75.0 cm³/mol. The molecular weight excluding hydrogens is 256 g/mol. The monoisotopic (exact) mass is 270 g/mol. The van der Waals surface area contributed by atoms with Gasteiger partial charge < -0.3 is 0 Å². The Hall–Kier alpha value is -1.99. The van der Waals surface area contributed by atoms with Crippen molar-refractivity contribution in [3.63, 3.8) is 0 Å². The summed E-state index contributed by atoms with van der Waals surface area (Å²) in [4.78, 5) is 17.2. The van der Waals surface area contributed by atoms with Gasteiger partial charge in [0.25, 0.3) is 0 Å². The third-order valence-electron chi connectivity index (χ3n) is 3.17. The van der Waals surface area contributed by atoms with Crippen molar-refractivity contribution >= 4 is 17.1 Å². The number of hydrogen-bond donors (Lipinski definition) is 0. The molecule has 0 N–H and O–H groups in total. The van der Waals surface area contributed by atoms with Crippen molar-refractivity contribution in [2.75, 3.05) is 0 Å². The van der Waals surface area contributed by atoms with Crippen LogP contribution in [0.25, 0.3) is 0 Å². The Morgan fingerprint density at radius 2 is 2.11 bits per heavy atom. The number of rotatable bonds is 4. The molecule has 0 spiro atoms. The van der Waals surface area contributed by atoms with E-state index in [1.54, 1.807) is 6.20 Å². The van der Waals surface area contributed by atoms with Crippen LogP contribution in [0.5, 0.6) is 0 Å². The highest BCUT2D eigenvalue weighted by Gasteiger charge is 2.38. The summed E-state index contributed by atoms with van der Waals surface area (Å²) in [6.45, 7) is 3.39. The molecule has 0 amide bonds. The van der Waals surface area contributed by atoms with Gasteiger partial charge in [-0.15, -0.1) is 11.3 Å². The number of Topliss-reactive ketones (excluding diaryl/α,β-unsaturated/α-hetero) is 1. The minimum atomic E-state index is -1.11. The van der Waals surface area contributed by atoms with Crippen molar-refractivity contribution in [3.8, 4) is 6.07 Å². The van der Waals surface area contributed by atoms with E-state index in [-0.39, 0.29) is 5.78 Å². The number of nitriles is 1. The number of aryl methyl sites for hydroxylation is 1. The summed E-state index contributed by atoms with van der Waals surface area (Å²) < 4.78 is 0. The molecule has 0 fully saturated rings. The molecular formula is C15H14N2OS. The van der Waals surface area contributed by atoms with Crippen molar-refractivity contribution in [1.29, 1.82) is 5.26 Å². The summed E-state index contributed by atoms with van der Waals surface area (Å²) in [5.74, 6) is -0.132. The number of hydrogen-bond acceptors (Lipinski definition) is 4. The smallest absolute Gasteiger partial charge is 0.154 e. The Labute approximate surface area is 116 Å². The van der Waals surface area contributed by atoms with Gasteiger partial charge in [0.05, 0.1) is 11.1 Å². The Bertz CT molecular complexity index is 627. The maximum atomic E-state index is 12.1. The molecule has 2 aromatic rings. The number of benzene rings is 1. The summed E-state index contributed by atoms with van der Waals surface area (Å²) in [5.41, 5.74) is -0.365. The molecule has 19 heavy (non-hydrogen) atoms. The lowest BCUT2D eigenvalue weighted by atomic mass is 9.75. The van der Waals surface area contributed by atoms with E-state index in [9.17, 15) is 10.1 Å². The number of nitrogens with zero attached hydrogens (tertiary/aromatic N) is 2. The van der Waals surface area contributed by atoms with Gasteiger partial charge in [-0.3, -0.25) is 4.79 Å². The predicted octanol–water partition coefficient (Wildman–Crippen LogP) is 3.04. The zero-order chi connectivity index (χ0) is 13.9. The number of carbonyl (C=O) groups excluding carboxylic acids is 1. The van der Waals surface area contributed by atoms with Gasteiger partial charge in [0, 0.05) is 17.5 Å². The van der Waals surface area contributed by atoms with Gasteiger partial charge in [-0.1, -0.05) is 30.3 Å². The van der Waals surface area contributed by atoms with Gasteiger partial charge >= 0.3 is 0 Å². The second kappa shape index (κ2) is 5.33. The zero-order valence-corrected chi connectivity index (χ0v) is 11.7. The molecule has 0 saturated heterocycles. The minimum absolute atomic E-state index is 0.132. The fourth-order valence-corrected chi connectivity index (χ4v) is 2.96. The van der Waals surface area contributed by atoms with E-state index in [1.807, 2.05) is 37.3 Å². The highest BCUT2D eigenvalue weighted by molar-refractivity contribution is 7.11. The molecule has 1 aromatic heterocycles. The highest BCUT2D eigenvalue weighted by Crippen LogP contribution is 2.31. The van der Waals surface area contributed by atoms with Crippen LogP contribution in [0, 0.1) is 18.3 Å². The van der Waals surface area contributed by atoms with Gasteiger partial charge in [0.1, 0.15) is 5.41 Å². The number of ketones is 1. The lowest BCUT2D eigenvalue weighted by Gasteiger charge is -2.23. The first-order valence-corrected chi connectivity index (χ1v) is 6.79. The molecule has 2 rings (SSSR count). The van der Waals surface area contributed by atoms with E-state index < -0.39 is 5.41 Å². The quantitative estimate of drug-likeness (QED) is 0.858. The van der Waals surface area contributed by atoms with Crippen LogP contribution in [-0.4, -0.2) is 10.8 Å². The molecule has 0 saturated carbocycles. The first kappa shape index (κ1) is 13.4. The Balaban J connectivity index is 2.47. The number of carbonyl (C=O) groups is 1. The summed E-state index contributed by atoms with van der Waals surface area (Å²) in [5, 5.41) is 10.5. The second-order valence-corrected chi connectivity index (χ2v) is 5.78. The summed E-state index contributed by atoms with van der Waals surface area (Å²) in [6.07, 6.45) is 2.13. The second-order valence-electron chi connectivity index (χ2n) is 4.46. The van der Waals surface area contributed by atoms with Crippen molar-refractivity contribution in [2.45, 2.75) is 25.7 Å². The van der Waals surface area contributed by atoms with Gasteiger partial charge in [-0.25, -0.2) is 4.98 Å². The van der Waals surface area contributed by atoms with Crippen LogP contribution >= 0.6 is 11.3 Å². The first-order valence-electron chi connectivity index (χ1n) is 5.97. The van der Waals surface area contributed by atoms with Gasteiger partial charge in [-0.05, 0) is 19.4 Å². The Kier molecular flexibility index (Phi) is 3.77. The molecule has 0 aliphatic rings. The zero-order valence-electron chi connectivity index (χ0n) is 10.9. The van der Waals surface area contributed by atoms with Crippen LogP contribution in [0.2, 0.25) is 0 Å². The van der Waals surface area contributed by atoms with E-state index in [1.165, 1.54) is 18.3 Å². The third-order valence-corrected chi connectivity index (χ3v) is 4.08. The fourth-order valence-electron chi connectivity index (χ4n) is 2.08. The average molecular weight is 270 g/mol. The van der Waals surface area contributed by atoms with Crippen LogP contribution in [0.15, 0.2) is 36.5 Å². The lowest BCUT2D eigenvalue weighted by molar-refractivity contribution is -0.120. The van der Waals surface area contributed by atoms with E-state index in [2.05, 4.69) is 11.1 Å². The molecule has 0 aliphatic carbocycles. The van der Waals surface area contributed by atoms with Crippen LogP contribution < -0.4 is 0 Å². The van der Waals surface area contributed by atoms with Crippen LogP contribution in [0.1, 0.15) is 22.4 Å². The summed E-state index contributed by atoms with van der Waals surface area (Å²) in [7, 11) is 0. The maximum Gasteiger partial charge on any atom is 0.154 e. The maximum absolute atomic E-state index is 12.1. The molecule has 3 nitrogen and oxygen atoms in total. The van der Waals surface area contributed by atoms with Crippen LogP contribution in [0.4, 0.5) is 0 Å². The molecule has 1 aromatic carbocycles. The van der Waals surface area contributed by atoms with E-state index >= 15 is 0 Å². The highest BCUT2D eigenvalue weighted by atomic mass is 32.1.